The Morgan fingerprint density at radius 3 is 2.50 bits per heavy atom. The largest absolute Gasteiger partial charge is 0.390 e. The van der Waals surface area contributed by atoms with Gasteiger partial charge in [0, 0.05) is 19.0 Å². The zero-order valence-corrected chi connectivity index (χ0v) is 10.8. The summed E-state index contributed by atoms with van der Waals surface area (Å²) in [6.07, 6.45) is 2.11. The van der Waals surface area contributed by atoms with Gasteiger partial charge in [-0.2, -0.15) is 0 Å². The number of anilines is 1. The Labute approximate surface area is 107 Å². The van der Waals surface area contributed by atoms with Crippen molar-refractivity contribution in [3.05, 3.63) is 29.8 Å². The summed E-state index contributed by atoms with van der Waals surface area (Å²) in [5.41, 5.74) is 0.874. The maximum absolute atomic E-state index is 10.8. The molecule has 0 aliphatic carbocycles. The molecular weight excluding hydrogens is 230 g/mol. The first kappa shape index (κ1) is 14.4. The molecule has 4 heteroatoms. The quantitative estimate of drug-likeness (QED) is 0.757. The molecule has 0 bridgehead atoms. The molecule has 1 atom stereocenters. The summed E-state index contributed by atoms with van der Waals surface area (Å²) in [4.78, 5) is 21.2. The number of aliphatic hydroxyl groups is 1. The lowest BCUT2D eigenvalue weighted by Crippen LogP contribution is -2.25. The second kappa shape index (κ2) is 6.31. The fourth-order valence-corrected chi connectivity index (χ4v) is 1.65. The van der Waals surface area contributed by atoms with Gasteiger partial charge in [0.15, 0.2) is 0 Å². The second-order valence-electron chi connectivity index (χ2n) is 4.75. The molecule has 0 radical (unpaired) electrons. The zero-order valence-electron chi connectivity index (χ0n) is 10.8. The third-order valence-corrected chi connectivity index (χ3v) is 2.75. The van der Waals surface area contributed by atoms with Gasteiger partial charge in [0.25, 0.3) is 0 Å². The average Bonchev–Trinajstić information content (AvgIpc) is 2.27. The highest BCUT2D eigenvalue weighted by atomic mass is 16.3. The summed E-state index contributed by atoms with van der Waals surface area (Å²) < 4.78 is 0. The van der Waals surface area contributed by atoms with E-state index in [-0.39, 0.29) is 12.3 Å². The number of amides is 1. The van der Waals surface area contributed by atoms with Crippen LogP contribution in [-0.4, -0.2) is 22.9 Å². The third kappa shape index (κ3) is 5.10. The van der Waals surface area contributed by atoms with Crippen molar-refractivity contribution in [3.8, 4) is 0 Å². The van der Waals surface area contributed by atoms with Gasteiger partial charge >= 0.3 is 0 Å². The third-order valence-electron chi connectivity index (χ3n) is 2.75. The maximum atomic E-state index is 10.8. The molecule has 1 aromatic carbocycles. The molecule has 0 aromatic heterocycles. The van der Waals surface area contributed by atoms with E-state index in [1.165, 1.54) is 6.92 Å². The topological polar surface area (TPSA) is 66.4 Å². The molecule has 2 N–H and O–H groups in total. The Kier molecular flexibility index (Phi) is 5.04. The number of nitrogens with one attached hydrogen (secondary N) is 1. The molecule has 0 aliphatic rings. The van der Waals surface area contributed by atoms with Gasteiger partial charge in [-0.1, -0.05) is 12.1 Å². The van der Waals surface area contributed by atoms with Crippen molar-refractivity contribution >= 4 is 17.9 Å². The van der Waals surface area contributed by atoms with E-state index in [2.05, 4.69) is 5.32 Å². The van der Waals surface area contributed by atoms with Crippen molar-refractivity contribution in [3.63, 3.8) is 0 Å². The highest BCUT2D eigenvalue weighted by molar-refractivity contribution is 5.88. The van der Waals surface area contributed by atoms with Crippen LogP contribution >= 0.6 is 0 Å². The molecule has 0 heterocycles. The van der Waals surface area contributed by atoms with E-state index in [1.807, 2.05) is 24.3 Å². The number of aldehydes is 1. The molecule has 0 fully saturated rings. The molecule has 1 rings (SSSR count). The van der Waals surface area contributed by atoms with Crippen LogP contribution in [0.3, 0.4) is 0 Å². The molecule has 4 nitrogen and oxygen atoms in total. The number of carbonyl (C=O) groups excluding carboxylic acids is 2. The lowest BCUT2D eigenvalue weighted by Gasteiger charge is -2.20. The van der Waals surface area contributed by atoms with Gasteiger partial charge in [-0.25, -0.2) is 0 Å². The van der Waals surface area contributed by atoms with E-state index in [9.17, 15) is 14.7 Å². The summed E-state index contributed by atoms with van der Waals surface area (Å²) >= 11 is 0. The molecule has 0 aliphatic heterocycles. The van der Waals surface area contributed by atoms with Crippen molar-refractivity contribution in [2.75, 3.05) is 5.32 Å². The zero-order chi connectivity index (χ0) is 13.6. The average molecular weight is 249 g/mol. The predicted molar refractivity (Wildman–Crippen MR) is 70.4 cm³/mol. The van der Waals surface area contributed by atoms with E-state index in [0.717, 1.165) is 17.5 Å². The molecule has 18 heavy (non-hydrogen) atoms. The Morgan fingerprint density at radius 1 is 1.39 bits per heavy atom. The van der Waals surface area contributed by atoms with Gasteiger partial charge in [-0.05, 0) is 37.5 Å². The number of rotatable bonds is 6. The first-order valence-corrected chi connectivity index (χ1v) is 5.95. The van der Waals surface area contributed by atoms with Crippen LogP contribution < -0.4 is 5.32 Å². The van der Waals surface area contributed by atoms with Gasteiger partial charge in [0.1, 0.15) is 6.29 Å². The number of hydrogen-bond acceptors (Lipinski definition) is 3. The van der Waals surface area contributed by atoms with Crippen LogP contribution in [0.5, 0.6) is 0 Å². The van der Waals surface area contributed by atoms with Gasteiger partial charge in [-0.15, -0.1) is 0 Å². The maximum Gasteiger partial charge on any atom is 0.221 e. The number of aryl methyl sites for hydroxylation is 1. The monoisotopic (exact) mass is 249 g/mol. The molecule has 0 saturated carbocycles. The van der Waals surface area contributed by atoms with Crippen LogP contribution in [0.1, 0.15) is 32.3 Å². The summed E-state index contributed by atoms with van der Waals surface area (Å²) in [6, 6.07) is 7.46. The molecule has 1 amide bonds. The fourth-order valence-electron chi connectivity index (χ4n) is 1.65. The van der Waals surface area contributed by atoms with Crippen molar-refractivity contribution < 1.29 is 14.7 Å². The van der Waals surface area contributed by atoms with Gasteiger partial charge < -0.3 is 15.2 Å². The van der Waals surface area contributed by atoms with Crippen molar-refractivity contribution in [1.82, 2.24) is 0 Å². The SMILES string of the molecule is CC(=O)Nc1ccc(CC[C@](C)(O)CC=O)cc1. The molecule has 0 spiro atoms. The van der Waals surface area contributed by atoms with Crippen LogP contribution in [0, 0.1) is 0 Å². The Hall–Kier alpha value is -1.68. The van der Waals surface area contributed by atoms with Gasteiger partial charge in [0.2, 0.25) is 5.91 Å². The van der Waals surface area contributed by atoms with E-state index < -0.39 is 5.60 Å². The first-order valence-electron chi connectivity index (χ1n) is 5.95. The second-order valence-corrected chi connectivity index (χ2v) is 4.75. The molecule has 98 valence electrons. The summed E-state index contributed by atoms with van der Waals surface area (Å²) in [5.74, 6) is -0.100. The highest BCUT2D eigenvalue weighted by Gasteiger charge is 2.19. The first-order chi connectivity index (χ1) is 8.43. The number of benzene rings is 1. The van der Waals surface area contributed by atoms with Crippen LogP contribution in [0.4, 0.5) is 5.69 Å². The van der Waals surface area contributed by atoms with Crippen LogP contribution in [0.15, 0.2) is 24.3 Å². The summed E-state index contributed by atoms with van der Waals surface area (Å²) in [6.45, 7) is 3.12. The van der Waals surface area contributed by atoms with E-state index in [0.29, 0.717) is 12.8 Å². The van der Waals surface area contributed by atoms with E-state index >= 15 is 0 Å². The van der Waals surface area contributed by atoms with Crippen molar-refractivity contribution in [2.45, 2.75) is 38.7 Å². The highest BCUT2D eigenvalue weighted by Crippen LogP contribution is 2.18. The number of hydrogen-bond donors (Lipinski definition) is 2. The lowest BCUT2D eigenvalue weighted by molar-refractivity contribution is -0.114. The molecule has 1 aromatic rings. The summed E-state index contributed by atoms with van der Waals surface area (Å²) in [7, 11) is 0. The standard InChI is InChI=1S/C14H19NO3/c1-11(17)15-13-5-3-12(4-6-13)7-8-14(2,18)9-10-16/h3-6,10,18H,7-9H2,1-2H3,(H,15,17)/t14-/m0/s1. The Bertz CT molecular complexity index is 410. The van der Waals surface area contributed by atoms with Crippen LogP contribution in [0.2, 0.25) is 0 Å². The Morgan fingerprint density at radius 2 is 2.00 bits per heavy atom. The van der Waals surface area contributed by atoms with Crippen LogP contribution in [0.25, 0.3) is 0 Å². The smallest absolute Gasteiger partial charge is 0.221 e. The Balaban J connectivity index is 2.53. The van der Waals surface area contributed by atoms with Crippen molar-refractivity contribution in [1.29, 1.82) is 0 Å². The minimum Gasteiger partial charge on any atom is -0.390 e. The molecule has 0 saturated heterocycles. The minimum absolute atomic E-state index is 0.100. The van der Waals surface area contributed by atoms with E-state index in [4.69, 9.17) is 0 Å². The fraction of sp³-hybridized carbons (Fsp3) is 0.429. The number of carbonyl (C=O) groups is 2. The van der Waals surface area contributed by atoms with E-state index in [1.54, 1.807) is 6.92 Å². The summed E-state index contributed by atoms with van der Waals surface area (Å²) in [5, 5.41) is 12.6. The van der Waals surface area contributed by atoms with Crippen molar-refractivity contribution in [2.24, 2.45) is 0 Å². The molecular formula is C14H19NO3. The minimum atomic E-state index is -0.946. The normalized spacial score (nSPS) is 13.7. The van der Waals surface area contributed by atoms with Gasteiger partial charge in [-0.3, -0.25) is 4.79 Å². The molecule has 0 unspecified atom stereocenters. The van der Waals surface area contributed by atoms with Gasteiger partial charge in [0.05, 0.1) is 5.60 Å². The predicted octanol–water partition coefficient (Wildman–Crippen LogP) is 1.92. The van der Waals surface area contributed by atoms with Crippen LogP contribution in [-0.2, 0) is 16.0 Å². The lowest BCUT2D eigenvalue weighted by atomic mass is 9.94.